The molecule has 0 saturated carbocycles. The van der Waals surface area contributed by atoms with E-state index in [1.165, 1.54) is 6.07 Å². The Hall–Kier alpha value is -3.02. The summed E-state index contributed by atoms with van der Waals surface area (Å²) in [6, 6.07) is 16.8. The molecule has 0 radical (unpaired) electrons. The zero-order chi connectivity index (χ0) is 19.0. The average Bonchev–Trinajstić information content (AvgIpc) is 3.07. The number of aromatic hydroxyl groups is 1. The molecule has 4 rings (SSSR count). The van der Waals surface area contributed by atoms with E-state index in [1.54, 1.807) is 36.4 Å². The maximum Gasteiger partial charge on any atom is 0.257 e. The van der Waals surface area contributed by atoms with Gasteiger partial charge in [0.2, 0.25) is 5.89 Å². The quantitative estimate of drug-likeness (QED) is 0.459. The van der Waals surface area contributed by atoms with Gasteiger partial charge in [-0.1, -0.05) is 41.4 Å². The van der Waals surface area contributed by atoms with E-state index in [1.807, 2.05) is 18.2 Å². The van der Waals surface area contributed by atoms with E-state index in [9.17, 15) is 9.90 Å². The van der Waals surface area contributed by atoms with Crippen molar-refractivity contribution >= 4 is 45.9 Å². The van der Waals surface area contributed by atoms with Crippen LogP contribution in [0.3, 0.4) is 0 Å². The Morgan fingerprint density at radius 1 is 1.04 bits per heavy atom. The molecule has 2 N–H and O–H groups in total. The summed E-state index contributed by atoms with van der Waals surface area (Å²) < 4.78 is 5.66. The first-order chi connectivity index (χ1) is 13.0. The maximum absolute atomic E-state index is 12.4. The van der Waals surface area contributed by atoms with E-state index in [2.05, 4.69) is 10.3 Å². The number of carbonyl (C=O) groups is 1. The Labute approximate surface area is 164 Å². The standard InChI is InChI=1S/C20H12Cl2N2O3/c21-14-5-3-4-13(18(14)22)19(26)23-11-8-9-12(16(25)10-11)20-24-15-6-1-2-7-17(15)27-20/h1-10,25H,(H,23,26). The first-order valence-electron chi connectivity index (χ1n) is 7.97. The number of phenols is 1. The summed E-state index contributed by atoms with van der Waals surface area (Å²) in [7, 11) is 0. The minimum Gasteiger partial charge on any atom is -0.507 e. The number of hydrogen-bond donors (Lipinski definition) is 2. The van der Waals surface area contributed by atoms with Crippen molar-refractivity contribution in [1.29, 1.82) is 0 Å². The molecule has 0 aliphatic heterocycles. The number of hydrogen-bond acceptors (Lipinski definition) is 4. The summed E-state index contributed by atoms with van der Waals surface area (Å²) in [6.45, 7) is 0. The van der Waals surface area contributed by atoms with Crippen molar-refractivity contribution in [3.63, 3.8) is 0 Å². The van der Waals surface area contributed by atoms with Crippen LogP contribution < -0.4 is 5.32 Å². The molecule has 134 valence electrons. The summed E-state index contributed by atoms with van der Waals surface area (Å²) >= 11 is 12.0. The molecule has 27 heavy (non-hydrogen) atoms. The highest BCUT2D eigenvalue weighted by Crippen LogP contribution is 2.33. The zero-order valence-corrected chi connectivity index (χ0v) is 15.3. The second-order valence-electron chi connectivity index (χ2n) is 5.77. The van der Waals surface area contributed by atoms with Crippen LogP contribution in [0.15, 0.2) is 65.1 Å². The molecular weight excluding hydrogens is 387 g/mol. The highest BCUT2D eigenvalue weighted by molar-refractivity contribution is 6.44. The van der Waals surface area contributed by atoms with Crippen LogP contribution in [0.4, 0.5) is 5.69 Å². The first kappa shape index (κ1) is 17.4. The van der Waals surface area contributed by atoms with Gasteiger partial charge >= 0.3 is 0 Å². The molecule has 1 aromatic heterocycles. The lowest BCUT2D eigenvalue weighted by Gasteiger charge is -2.09. The summed E-state index contributed by atoms with van der Waals surface area (Å²) in [5, 5.41) is 13.5. The predicted octanol–water partition coefficient (Wildman–Crippen LogP) is 5.76. The van der Waals surface area contributed by atoms with Crippen LogP contribution in [-0.2, 0) is 0 Å². The summed E-state index contributed by atoms with van der Waals surface area (Å²) in [6.07, 6.45) is 0. The molecule has 0 aliphatic carbocycles. The number of nitrogens with zero attached hydrogens (tertiary/aromatic N) is 1. The van der Waals surface area contributed by atoms with Gasteiger partial charge in [0.05, 0.1) is 21.2 Å². The number of phenolic OH excluding ortho intramolecular Hbond substituents is 1. The Morgan fingerprint density at radius 3 is 2.63 bits per heavy atom. The summed E-state index contributed by atoms with van der Waals surface area (Å²) in [4.78, 5) is 16.8. The van der Waals surface area contributed by atoms with Crippen molar-refractivity contribution < 1.29 is 14.3 Å². The van der Waals surface area contributed by atoms with Crippen LogP contribution in [0.1, 0.15) is 10.4 Å². The van der Waals surface area contributed by atoms with Gasteiger partial charge in [-0.2, -0.15) is 0 Å². The molecule has 1 heterocycles. The van der Waals surface area contributed by atoms with Gasteiger partial charge < -0.3 is 14.8 Å². The summed E-state index contributed by atoms with van der Waals surface area (Å²) in [5.41, 5.74) is 2.38. The van der Waals surface area contributed by atoms with E-state index in [-0.39, 0.29) is 16.3 Å². The van der Waals surface area contributed by atoms with Crippen LogP contribution in [0.2, 0.25) is 10.0 Å². The van der Waals surface area contributed by atoms with Gasteiger partial charge in [-0.25, -0.2) is 4.98 Å². The van der Waals surface area contributed by atoms with Crippen molar-refractivity contribution in [1.82, 2.24) is 4.98 Å². The molecule has 0 spiro atoms. The van der Waals surface area contributed by atoms with E-state index >= 15 is 0 Å². The number of rotatable bonds is 3. The molecule has 0 unspecified atom stereocenters. The smallest absolute Gasteiger partial charge is 0.257 e. The molecule has 7 heteroatoms. The van der Waals surface area contributed by atoms with Crippen molar-refractivity contribution in [3.05, 3.63) is 76.3 Å². The van der Waals surface area contributed by atoms with Gasteiger partial charge in [0, 0.05) is 11.8 Å². The van der Waals surface area contributed by atoms with Crippen LogP contribution >= 0.6 is 23.2 Å². The highest BCUT2D eigenvalue weighted by Gasteiger charge is 2.16. The molecule has 1 amide bonds. The van der Waals surface area contributed by atoms with E-state index in [4.69, 9.17) is 27.6 Å². The fourth-order valence-electron chi connectivity index (χ4n) is 2.66. The van der Waals surface area contributed by atoms with Gasteiger partial charge in [-0.3, -0.25) is 4.79 Å². The predicted molar refractivity (Wildman–Crippen MR) is 106 cm³/mol. The first-order valence-corrected chi connectivity index (χ1v) is 8.73. The Bertz CT molecular complexity index is 1140. The van der Waals surface area contributed by atoms with Crippen molar-refractivity contribution in [2.75, 3.05) is 5.32 Å². The second-order valence-corrected chi connectivity index (χ2v) is 6.56. The van der Waals surface area contributed by atoms with Crippen molar-refractivity contribution in [3.8, 4) is 17.2 Å². The number of nitrogens with one attached hydrogen (secondary N) is 1. The second kappa shape index (κ2) is 6.95. The van der Waals surface area contributed by atoms with Gasteiger partial charge in [0.15, 0.2) is 5.58 Å². The Morgan fingerprint density at radius 2 is 1.85 bits per heavy atom. The lowest BCUT2D eigenvalue weighted by molar-refractivity contribution is 0.102. The lowest BCUT2D eigenvalue weighted by Crippen LogP contribution is -2.12. The third-order valence-electron chi connectivity index (χ3n) is 3.98. The maximum atomic E-state index is 12.4. The van der Waals surface area contributed by atoms with Gasteiger partial charge in [0.25, 0.3) is 5.91 Å². The lowest BCUT2D eigenvalue weighted by atomic mass is 10.1. The number of anilines is 1. The van der Waals surface area contributed by atoms with E-state index < -0.39 is 5.91 Å². The molecule has 0 bridgehead atoms. The number of halogens is 2. The zero-order valence-electron chi connectivity index (χ0n) is 13.7. The Balaban J connectivity index is 1.61. The number of fused-ring (bicyclic) bond motifs is 1. The van der Waals surface area contributed by atoms with Gasteiger partial charge in [-0.15, -0.1) is 0 Å². The topological polar surface area (TPSA) is 75.4 Å². The number of oxazole rings is 1. The SMILES string of the molecule is O=C(Nc1ccc(-c2nc3ccccc3o2)c(O)c1)c1cccc(Cl)c1Cl. The molecule has 5 nitrogen and oxygen atoms in total. The fraction of sp³-hybridized carbons (Fsp3) is 0. The third kappa shape index (κ3) is 3.35. The van der Waals surface area contributed by atoms with Crippen LogP contribution in [0, 0.1) is 0 Å². The van der Waals surface area contributed by atoms with Crippen molar-refractivity contribution in [2.45, 2.75) is 0 Å². The number of aromatic nitrogens is 1. The number of amides is 1. The minimum atomic E-state index is -0.434. The van der Waals surface area contributed by atoms with Gasteiger partial charge in [-0.05, 0) is 36.4 Å². The largest absolute Gasteiger partial charge is 0.507 e. The normalized spacial score (nSPS) is 10.9. The number of carbonyl (C=O) groups excluding carboxylic acids is 1. The molecule has 3 aromatic carbocycles. The van der Waals surface area contributed by atoms with Crippen LogP contribution in [0.5, 0.6) is 5.75 Å². The minimum absolute atomic E-state index is 0.0726. The highest BCUT2D eigenvalue weighted by atomic mass is 35.5. The number of para-hydroxylation sites is 2. The Kier molecular flexibility index (Phi) is 4.48. The molecule has 0 fully saturated rings. The molecule has 0 saturated heterocycles. The molecule has 0 aliphatic rings. The van der Waals surface area contributed by atoms with Crippen LogP contribution in [0.25, 0.3) is 22.6 Å². The fourth-order valence-corrected chi connectivity index (χ4v) is 3.04. The summed E-state index contributed by atoms with van der Waals surface area (Å²) in [5.74, 6) is -0.211. The van der Waals surface area contributed by atoms with E-state index in [0.717, 1.165) is 0 Å². The molecule has 0 atom stereocenters. The van der Waals surface area contributed by atoms with Crippen LogP contribution in [-0.4, -0.2) is 16.0 Å². The van der Waals surface area contributed by atoms with Crippen molar-refractivity contribution in [2.24, 2.45) is 0 Å². The third-order valence-corrected chi connectivity index (χ3v) is 4.80. The van der Waals surface area contributed by atoms with Gasteiger partial charge in [0.1, 0.15) is 11.3 Å². The van der Waals surface area contributed by atoms with E-state index in [0.29, 0.717) is 33.3 Å². The average molecular weight is 399 g/mol. The molecule has 4 aromatic rings. The molecular formula is C20H12Cl2N2O3. The monoisotopic (exact) mass is 398 g/mol. The number of benzene rings is 3.